The smallest absolute Gasteiger partial charge is 0.275 e. The van der Waals surface area contributed by atoms with Crippen LogP contribution in [0.5, 0.6) is 0 Å². The van der Waals surface area contributed by atoms with Gasteiger partial charge in [0.15, 0.2) is 0 Å². The van der Waals surface area contributed by atoms with Gasteiger partial charge in [0.05, 0.1) is 0 Å². The maximum atomic E-state index is 14.1. The van der Waals surface area contributed by atoms with Crippen molar-refractivity contribution in [3.63, 3.8) is 0 Å². The molecule has 0 amide bonds. The lowest BCUT2D eigenvalue weighted by molar-refractivity contribution is -0.00843. The number of nitrogens with zero attached hydrogens (tertiary/aromatic N) is 1. The number of hydrogen-bond donors (Lipinski definition) is 0. The van der Waals surface area contributed by atoms with Gasteiger partial charge in [-0.05, 0) is 37.8 Å². The van der Waals surface area contributed by atoms with Gasteiger partial charge < -0.3 is 4.90 Å². The van der Waals surface area contributed by atoms with Crippen LogP contribution in [0.1, 0.15) is 43.7 Å². The van der Waals surface area contributed by atoms with Crippen molar-refractivity contribution in [1.82, 2.24) is 0 Å². The first-order valence-corrected chi connectivity index (χ1v) is 6.79. The SMILES string of the molecule is CCC(F)(F)c1c(C)cccc1N1CCCCC1. The molecule has 2 rings (SSSR count). The van der Waals surface area contributed by atoms with E-state index in [1.54, 1.807) is 19.9 Å². The van der Waals surface area contributed by atoms with Crippen molar-refractivity contribution < 1.29 is 8.78 Å². The van der Waals surface area contributed by atoms with Gasteiger partial charge in [-0.2, -0.15) is 0 Å². The third kappa shape index (κ3) is 2.50. The summed E-state index contributed by atoms with van der Waals surface area (Å²) in [6.07, 6.45) is 3.27. The highest BCUT2D eigenvalue weighted by atomic mass is 19.3. The van der Waals surface area contributed by atoms with Crippen LogP contribution in [0.2, 0.25) is 0 Å². The van der Waals surface area contributed by atoms with Crippen molar-refractivity contribution in [2.45, 2.75) is 45.5 Å². The number of aryl methyl sites for hydroxylation is 1. The molecule has 18 heavy (non-hydrogen) atoms. The molecular formula is C15H21F2N. The van der Waals surface area contributed by atoms with Gasteiger partial charge in [0.1, 0.15) is 0 Å². The molecule has 0 bridgehead atoms. The number of anilines is 1. The van der Waals surface area contributed by atoms with Crippen LogP contribution in [-0.2, 0) is 5.92 Å². The standard InChI is InChI=1S/C15H21F2N/c1-3-15(16,17)14-12(2)8-7-9-13(14)18-10-5-4-6-11-18/h7-9H,3-6,10-11H2,1-2H3. The fraction of sp³-hybridized carbons (Fsp3) is 0.600. The zero-order valence-corrected chi connectivity index (χ0v) is 11.2. The Morgan fingerprint density at radius 1 is 1.17 bits per heavy atom. The molecule has 1 aliphatic heterocycles. The van der Waals surface area contributed by atoms with Crippen LogP contribution < -0.4 is 4.90 Å². The average Bonchev–Trinajstić information content (AvgIpc) is 2.39. The molecule has 1 aromatic rings. The van der Waals surface area contributed by atoms with Crippen molar-refractivity contribution in [3.8, 4) is 0 Å². The van der Waals surface area contributed by atoms with Crippen LogP contribution in [0.4, 0.5) is 14.5 Å². The Balaban J connectivity index is 2.43. The first kappa shape index (κ1) is 13.3. The molecule has 0 saturated carbocycles. The van der Waals surface area contributed by atoms with Gasteiger partial charge in [-0.3, -0.25) is 0 Å². The Morgan fingerprint density at radius 3 is 2.44 bits per heavy atom. The normalized spacial score (nSPS) is 17.0. The van der Waals surface area contributed by atoms with Crippen molar-refractivity contribution >= 4 is 5.69 Å². The molecular weight excluding hydrogens is 232 g/mol. The number of hydrogen-bond acceptors (Lipinski definition) is 1. The van der Waals surface area contributed by atoms with E-state index in [1.807, 2.05) is 12.1 Å². The summed E-state index contributed by atoms with van der Waals surface area (Å²) < 4.78 is 28.3. The quantitative estimate of drug-likeness (QED) is 0.767. The molecule has 100 valence electrons. The lowest BCUT2D eigenvalue weighted by Gasteiger charge is -2.33. The number of benzene rings is 1. The Bertz CT molecular complexity index is 409. The average molecular weight is 253 g/mol. The monoisotopic (exact) mass is 253 g/mol. The van der Waals surface area contributed by atoms with Gasteiger partial charge in [0.2, 0.25) is 0 Å². The predicted octanol–water partition coefficient (Wildman–Crippen LogP) is 4.49. The predicted molar refractivity (Wildman–Crippen MR) is 71.4 cm³/mol. The summed E-state index contributed by atoms with van der Waals surface area (Å²) in [6, 6.07) is 5.51. The van der Waals surface area contributed by atoms with E-state index in [0.29, 0.717) is 5.56 Å². The number of alkyl halides is 2. The van der Waals surface area contributed by atoms with E-state index in [0.717, 1.165) is 31.6 Å². The minimum atomic E-state index is -2.72. The molecule has 0 aliphatic carbocycles. The Hall–Kier alpha value is -1.12. The van der Waals surface area contributed by atoms with Crippen molar-refractivity contribution in [3.05, 3.63) is 29.3 Å². The minimum Gasteiger partial charge on any atom is -0.371 e. The topological polar surface area (TPSA) is 3.24 Å². The molecule has 1 fully saturated rings. The van der Waals surface area contributed by atoms with Crippen molar-refractivity contribution in [2.24, 2.45) is 0 Å². The fourth-order valence-electron chi connectivity index (χ4n) is 2.70. The summed E-state index contributed by atoms with van der Waals surface area (Å²) in [5.74, 6) is -2.72. The van der Waals surface area contributed by atoms with Gasteiger partial charge in [-0.15, -0.1) is 0 Å². The first-order valence-electron chi connectivity index (χ1n) is 6.79. The fourth-order valence-corrected chi connectivity index (χ4v) is 2.70. The van der Waals surface area contributed by atoms with Gasteiger partial charge in [0.25, 0.3) is 5.92 Å². The Kier molecular flexibility index (Phi) is 3.88. The van der Waals surface area contributed by atoms with Crippen LogP contribution in [-0.4, -0.2) is 13.1 Å². The second-order valence-corrected chi connectivity index (χ2v) is 5.07. The molecule has 1 aromatic carbocycles. The third-order valence-electron chi connectivity index (χ3n) is 3.76. The summed E-state index contributed by atoms with van der Waals surface area (Å²) in [5.41, 5.74) is 1.67. The van der Waals surface area contributed by atoms with Crippen molar-refractivity contribution in [2.75, 3.05) is 18.0 Å². The molecule has 0 spiro atoms. The zero-order chi connectivity index (χ0) is 13.2. The number of piperidine rings is 1. The van der Waals surface area contributed by atoms with Gasteiger partial charge in [-0.25, -0.2) is 8.78 Å². The van der Waals surface area contributed by atoms with E-state index >= 15 is 0 Å². The largest absolute Gasteiger partial charge is 0.371 e. The summed E-state index contributed by atoms with van der Waals surface area (Å²) in [4.78, 5) is 2.12. The first-order chi connectivity index (χ1) is 8.56. The molecule has 3 heteroatoms. The Labute approximate surface area is 108 Å². The zero-order valence-electron chi connectivity index (χ0n) is 11.2. The number of rotatable bonds is 3. The summed E-state index contributed by atoms with van der Waals surface area (Å²) in [7, 11) is 0. The molecule has 0 N–H and O–H groups in total. The molecule has 1 nitrogen and oxygen atoms in total. The van der Waals surface area contributed by atoms with Crippen LogP contribution in [0.25, 0.3) is 0 Å². The molecule has 0 radical (unpaired) electrons. The van der Waals surface area contributed by atoms with Crippen LogP contribution >= 0.6 is 0 Å². The molecule has 1 saturated heterocycles. The molecule has 1 aliphatic rings. The van der Waals surface area contributed by atoms with E-state index < -0.39 is 5.92 Å². The van der Waals surface area contributed by atoms with Gasteiger partial charge in [0, 0.05) is 30.8 Å². The number of halogens is 2. The van der Waals surface area contributed by atoms with Crippen LogP contribution in [0.15, 0.2) is 18.2 Å². The molecule has 0 aromatic heterocycles. The summed E-state index contributed by atoms with van der Waals surface area (Å²) in [5, 5.41) is 0. The molecule has 1 heterocycles. The van der Waals surface area contributed by atoms with E-state index in [4.69, 9.17) is 0 Å². The third-order valence-corrected chi connectivity index (χ3v) is 3.76. The maximum Gasteiger partial charge on any atom is 0.275 e. The van der Waals surface area contributed by atoms with E-state index in [9.17, 15) is 8.78 Å². The Morgan fingerprint density at radius 2 is 1.83 bits per heavy atom. The van der Waals surface area contributed by atoms with E-state index in [-0.39, 0.29) is 12.0 Å². The molecule has 0 unspecified atom stereocenters. The van der Waals surface area contributed by atoms with Gasteiger partial charge >= 0.3 is 0 Å². The summed E-state index contributed by atoms with van der Waals surface area (Å²) >= 11 is 0. The van der Waals surface area contributed by atoms with E-state index in [1.165, 1.54) is 6.42 Å². The van der Waals surface area contributed by atoms with Crippen LogP contribution in [0, 0.1) is 6.92 Å². The maximum absolute atomic E-state index is 14.1. The van der Waals surface area contributed by atoms with Gasteiger partial charge in [-0.1, -0.05) is 19.1 Å². The van der Waals surface area contributed by atoms with E-state index in [2.05, 4.69) is 4.90 Å². The highest BCUT2D eigenvalue weighted by Crippen LogP contribution is 2.40. The highest BCUT2D eigenvalue weighted by molar-refractivity contribution is 5.58. The van der Waals surface area contributed by atoms with Crippen LogP contribution in [0.3, 0.4) is 0 Å². The second-order valence-electron chi connectivity index (χ2n) is 5.07. The molecule has 0 atom stereocenters. The lowest BCUT2D eigenvalue weighted by Crippen LogP contribution is -2.32. The summed E-state index contributed by atoms with van der Waals surface area (Å²) in [6.45, 7) is 5.13. The lowest BCUT2D eigenvalue weighted by atomic mass is 9.96. The minimum absolute atomic E-state index is 0.140. The highest BCUT2D eigenvalue weighted by Gasteiger charge is 2.34. The van der Waals surface area contributed by atoms with Crippen molar-refractivity contribution in [1.29, 1.82) is 0 Å². The second kappa shape index (κ2) is 5.25.